The number of carbonyl (C=O) groups excluding carboxylic acids is 3. The highest BCUT2D eigenvalue weighted by Crippen LogP contribution is 2.36. The maximum absolute atomic E-state index is 12.9. The fourth-order valence-electron chi connectivity index (χ4n) is 2.91. The molecule has 0 aliphatic carbocycles. The van der Waals surface area contributed by atoms with E-state index in [0.29, 0.717) is 0 Å². The van der Waals surface area contributed by atoms with E-state index in [-0.39, 0.29) is 47.3 Å². The monoisotopic (exact) mass is 541 g/mol. The molecule has 1 heterocycles. The van der Waals surface area contributed by atoms with E-state index in [4.69, 9.17) is 39.5 Å². The zero-order valence-electron chi connectivity index (χ0n) is 17.4. The molecule has 0 spiro atoms. The van der Waals surface area contributed by atoms with Gasteiger partial charge in [0, 0.05) is 11.6 Å². The minimum atomic E-state index is -0.786. The quantitative estimate of drug-likeness (QED) is 0.216. The molecule has 3 rings (SSSR count). The number of thiophene rings is 1. The van der Waals surface area contributed by atoms with Gasteiger partial charge in [0.1, 0.15) is 10.0 Å². The number of halogens is 3. The number of anilines is 2. The first-order chi connectivity index (χ1) is 16.0. The highest BCUT2D eigenvalue weighted by Gasteiger charge is 2.27. The van der Waals surface area contributed by atoms with E-state index < -0.39 is 28.4 Å². The number of nitro groups is 1. The molecular formula is C21H14Cl3N3O6S. The molecule has 0 aliphatic heterocycles. The summed E-state index contributed by atoms with van der Waals surface area (Å²) < 4.78 is 4.80. The third-order valence-electron chi connectivity index (χ3n) is 4.57. The van der Waals surface area contributed by atoms with Crippen LogP contribution in [0.5, 0.6) is 0 Å². The van der Waals surface area contributed by atoms with E-state index >= 15 is 0 Å². The van der Waals surface area contributed by atoms with E-state index in [1.165, 1.54) is 19.1 Å². The molecule has 0 saturated heterocycles. The van der Waals surface area contributed by atoms with Gasteiger partial charge in [-0.15, -0.1) is 11.3 Å². The molecule has 0 saturated carbocycles. The van der Waals surface area contributed by atoms with Crippen molar-refractivity contribution >= 4 is 80.3 Å². The lowest BCUT2D eigenvalue weighted by atomic mass is 10.1. The Morgan fingerprint density at radius 3 is 2.38 bits per heavy atom. The summed E-state index contributed by atoms with van der Waals surface area (Å²) in [5.74, 6) is -2.14. The Kier molecular flexibility index (Phi) is 7.78. The Balaban J connectivity index is 1.97. The van der Waals surface area contributed by atoms with Crippen LogP contribution in [0.4, 0.5) is 16.4 Å². The zero-order chi connectivity index (χ0) is 25.2. The van der Waals surface area contributed by atoms with Crippen LogP contribution in [0.15, 0.2) is 36.4 Å². The molecule has 2 N–H and O–H groups in total. The molecule has 0 radical (unpaired) electrons. The largest absolute Gasteiger partial charge is 0.465 e. The van der Waals surface area contributed by atoms with Crippen molar-refractivity contribution < 1.29 is 24.0 Å². The number of esters is 1. The standard InChI is InChI=1S/C21H14Cl3N3O6S/c1-9-15(21(30)33-2)20(26-18(28)10-6-7-11(22)14(8-10)27(31)32)34-17(9)19(29)25-13-5-3-4-12(23)16(13)24/h3-8H,1-2H3,(H,25,29)(H,26,28). The van der Waals surface area contributed by atoms with Gasteiger partial charge in [-0.3, -0.25) is 19.7 Å². The Bertz CT molecular complexity index is 1340. The van der Waals surface area contributed by atoms with Crippen LogP contribution >= 0.6 is 46.1 Å². The summed E-state index contributed by atoms with van der Waals surface area (Å²) in [5, 5.41) is 16.5. The molecule has 0 aliphatic rings. The molecule has 2 aromatic carbocycles. The van der Waals surface area contributed by atoms with Gasteiger partial charge in [-0.1, -0.05) is 40.9 Å². The molecule has 3 aromatic rings. The topological polar surface area (TPSA) is 128 Å². The molecule has 0 bridgehead atoms. The van der Waals surface area contributed by atoms with Crippen molar-refractivity contribution in [2.24, 2.45) is 0 Å². The number of nitrogens with one attached hydrogen (secondary N) is 2. The van der Waals surface area contributed by atoms with Crippen molar-refractivity contribution in [1.29, 1.82) is 0 Å². The van der Waals surface area contributed by atoms with Crippen molar-refractivity contribution in [3.05, 3.63) is 83.1 Å². The third kappa shape index (κ3) is 5.15. The van der Waals surface area contributed by atoms with Gasteiger partial charge in [0.05, 0.1) is 38.2 Å². The van der Waals surface area contributed by atoms with Crippen LogP contribution in [0, 0.1) is 17.0 Å². The van der Waals surface area contributed by atoms with E-state index in [0.717, 1.165) is 24.5 Å². The maximum Gasteiger partial charge on any atom is 0.341 e. The SMILES string of the molecule is COC(=O)c1c(NC(=O)c2ccc(Cl)c([N+](=O)[O-])c2)sc(C(=O)Nc2cccc(Cl)c2Cl)c1C. The van der Waals surface area contributed by atoms with Crippen molar-refractivity contribution in [1.82, 2.24) is 0 Å². The molecule has 9 nitrogen and oxygen atoms in total. The Hall–Kier alpha value is -3.18. The van der Waals surface area contributed by atoms with Gasteiger partial charge >= 0.3 is 5.97 Å². The normalized spacial score (nSPS) is 10.5. The average molecular weight is 543 g/mol. The van der Waals surface area contributed by atoms with Crippen molar-refractivity contribution in [2.45, 2.75) is 6.92 Å². The van der Waals surface area contributed by atoms with E-state index in [2.05, 4.69) is 10.6 Å². The molecule has 0 atom stereocenters. The summed E-state index contributed by atoms with van der Waals surface area (Å²) >= 11 is 18.7. The lowest BCUT2D eigenvalue weighted by molar-refractivity contribution is -0.384. The summed E-state index contributed by atoms with van der Waals surface area (Å²) in [4.78, 5) is 48.6. The Morgan fingerprint density at radius 1 is 1.03 bits per heavy atom. The minimum absolute atomic E-state index is 0.0225. The molecular weight excluding hydrogens is 529 g/mol. The molecule has 176 valence electrons. The number of nitrogens with zero attached hydrogens (tertiary/aromatic N) is 1. The zero-order valence-corrected chi connectivity index (χ0v) is 20.5. The second kappa shape index (κ2) is 10.4. The van der Waals surface area contributed by atoms with Crippen LogP contribution in [-0.4, -0.2) is 29.8 Å². The first kappa shape index (κ1) is 25.4. The summed E-state index contributed by atoms with van der Waals surface area (Å²) in [6, 6.07) is 8.21. The van der Waals surface area contributed by atoms with E-state index in [1.54, 1.807) is 18.2 Å². The molecule has 0 fully saturated rings. The second-order valence-electron chi connectivity index (χ2n) is 6.68. The Morgan fingerprint density at radius 2 is 1.74 bits per heavy atom. The molecule has 34 heavy (non-hydrogen) atoms. The number of nitro benzene ring substituents is 1. The fraction of sp³-hybridized carbons (Fsp3) is 0.0952. The van der Waals surface area contributed by atoms with E-state index in [1.807, 2.05) is 0 Å². The van der Waals surface area contributed by atoms with Gasteiger partial charge in [0.2, 0.25) is 0 Å². The summed E-state index contributed by atoms with van der Waals surface area (Å²) in [7, 11) is 1.15. The number of ether oxygens (including phenoxy) is 1. The van der Waals surface area contributed by atoms with Gasteiger partial charge in [0.15, 0.2) is 0 Å². The maximum atomic E-state index is 12.9. The van der Waals surface area contributed by atoms with Crippen molar-refractivity contribution in [2.75, 3.05) is 17.7 Å². The second-order valence-corrected chi connectivity index (χ2v) is 8.90. The van der Waals surface area contributed by atoms with Gasteiger partial charge in [-0.25, -0.2) is 4.79 Å². The number of carbonyl (C=O) groups is 3. The van der Waals surface area contributed by atoms with Crippen LogP contribution < -0.4 is 10.6 Å². The number of rotatable bonds is 6. The van der Waals surface area contributed by atoms with Crippen LogP contribution in [0.25, 0.3) is 0 Å². The lowest BCUT2D eigenvalue weighted by Crippen LogP contribution is -2.14. The van der Waals surface area contributed by atoms with Gasteiger partial charge in [-0.2, -0.15) is 0 Å². The number of amides is 2. The summed E-state index contributed by atoms with van der Waals surface area (Å²) in [6.45, 7) is 1.51. The molecule has 0 unspecified atom stereocenters. The van der Waals surface area contributed by atoms with Crippen molar-refractivity contribution in [3.8, 4) is 0 Å². The number of methoxy groups -OCH3 is 1. The molecule has 13 heteroatoms. The number of benzene rings is 2. The van der Waals surface area contributed by atoms with Crippen molar-refractivity contribution in [3.63, 3.8) is 0 Å². The Labute approximate surface area is 211 Å². The van der Waals surface area contributed by atoms with Crippen LogP contribution in [0.3, 0.4) is 0 Å². The number of hydrogen-bond acceptors (Lipinski definition) is 7. The van der Waals surface area contributed by atoms with Crippen LogP contribution in [-0.2, 0) is 4.74 Å². The lowest BCUT2D eigenvalue weighted by Gasteiger charge is -2.07. The molecule has 1 aromatic heterocycles. The highest BCUT2D eigenvalue weighted by molar-refractivity contribution is 7.19. The number of hydrogen-bond donors (Lipinski definition) is 2. The fourth-order valence-corrected chi connectivity index (χ4v) is 4.53. The average Bonchev–Trinajstić information content (AvgIpc) is 3.12. The van der Waals surface area contributed by atoms with Gasteiger partial charge in [0.25, 0.3) is 17.5 Å². The first-order valence-corrected chi connectivity index (χ1v) is 11.2. The summed E-state index contributed by atoms with van der Waals surface area (Å²) in [5.41, 5.74) is -0.0554. The smallest absolute Gasteiger partial charge is 0.341 e. The van der Waals surface area contributed by atoms with Crippen LogP contribution in [0.1, 0.15) is 36.0 Å². The van der Waals surface area contributed by atoms with Gasteiger partial charge in [-0.05, 0) is 36.8 Å². The summed E-state index contributed by atoms with van der Waals surface area (Å²) in [6.07, 6.45) is 0. The predicted molar refractivity (Wildman–Crippen MR) is 131 cm³/mol. The van der Waals surface area contributed by atoms with Crippen LogP contribution in [0.2, 0.25) is 15.1 Å². The highest BCUT2D eigenvalue weighted by atomic mass is 35.5. The van der Waals surface area contributed by atoms with E-state index in [9.17, 15) is 24.5 Å². The van der Waals surface area contributed by atoms with Gasteiger partial charge < -0.3 is 15.4 Å². The molecule has 2 amide bonds. The first-order valence-electron chi connectivity index (χ1n) is 9.27. The minimum Gasteiger partial charge on any atom is -0.465 e. The predicted octanol–water partition coefficient (Wildman–Crippen LogP) is 6.22. The third-order valence-corrected chi connectivity index (χ3v) is 6.92.